The third-order valence-electron chi connectivity index (χ3n) is 2.80. The van der Waals surface area contributed by atoms with Gasteiger partial charge in [0.05, 0.1) is 4.88 Å². The molecular formula is C12H22N2OS. The summed E-state index contributed by atoms with van der Waals surface area (Å²) in [5.41, 5.74) is 0.180. The van der Waals surface area contributed by atoms with E-state index in [0.717, 1.165) is 10.0 Å². The Kier molecular flexibility index (Phi) is 3.84. The molecule has 0 aromatic carbocycles. The normalized spacial score (nSPS) is 14.2. The molecule has 0 aliphatic carbocycles. The molecule has 4 heteroatoms. The number of thiazole rings is 1. The molecule has 1 atom stereocenters. The number of aromatic hydroxyl groups is 1. The van der Waals surface area contributed by atoms with Crippen molar-refractivity contribution in [2.45, 2.75) is 53.5 Å². The van der Waals surface area contributed by atoms with Gasteiger partial charge in [0.15, 0.2) is 5.13 Å². The van der Waals surface area contributed by atoms with Crippen LogP contribution in [-0.4, -0.2) is 16.1 Å². The Hall–Kier alpha value is -0.770. The van der Waals surface area contributed by atoms with Crippen LogP contribution in [0.5, 0.6) is 5.88 Å². The molecule has 0 spiro atoms. The predicted octanol–water partition coefficient (Wildman–Crippen LogP) is 3.82. The Labute approximate surface area is 102 Å². The van der Waals surface area contributed by atoms with Crippen molar-refractivity contribution in [3.63, 3.8) is 0 Å². The molecule has 1 heterocycles. The molecule has 0 aliphatic rings. The number of aromatic nitrogens is 1. The monoisotopic (exact) mass is 242 g/mol. The van der Waals surface area contributed by atoms with Crippen LogP contribution in [0.15, 0.2) is 0 Å². The van der Waals surface area contributed by atoms with Gasteiger partial charge in [-0.25, -0.2) is 0 Å². The Balaban J connectivity index is 2.80. The maximum Gasteiger partial charge on any atom is 0.227 e. The van der Waals surface area contributed by atoms with Gasteiger partial charge in [-0.1, -0.05) is 46.0 Å². The summed E-state index contributed by atoms with van der Waals surface area (Å²) < 4.78 is 0. The second-order valence-corrected chi connectivity index (χ2v) is 6.62. The van der Waals surface area contributed by atoms with E-state index >= 15 is 0 Å². The second-order valence-electron chi connectivity index (χ2n) is 5.59. The largest absolute Gasteiger partial charge is 0.492 e. The molecule has 0 bridgehead atoms. The third kappa shape index (κ3) is 3.11. The van der Waals surface area contributed by atoms with E-state index in [4.69, 9.17) is 0 Å². The smallest absolute Gasteiger partial charge is 0.227 e. The maximum atomic E-state index is 9.68. The maximum absolute atomic E-state index is 9.68. The van der Waals surface area contributed by atoms with Crippen molar-refractivity contribution in [3.8, 4) is 5.88 Å². The van der Waals surface area contributed by atoms with Crippen LogP contribution in [0.3, 0.4) is 0 Å². The summed E-state index contributed by atoms with van der Waals surface area (Å²) in [5.74, 6) is 0.488. The molecule has 0 radical (unpaired) electrons. The van der Waals surface area contributed by atoms with E-state index in [-0.39, 0.29) is 11.3 Å². The molecular weight excluding hydrogens is 220 g/mol. The van der Waals surface area contributed by atoms with Crippen molar-refractivity contribution in [3.05, 3.63) is 4.88 Å². The fraction of sp³-hybridized carbons (Fsp3) is 0.750. The summed E-state index contributed by atoms with van der Waals surface area (Å²) in [5, 5.41) is 13.8. The Bertz CT molecular complexity index is 352. The fourth-order valence-electron chi connectivity index (χ4n) is 1.16. The summed E-state index contributed by atoms with van der Waals surface area (Å²) in [6, 6.07) is 0.318. The van der Waals surface area contributed by atoms with Gasteiger partial charge >= 0.3 is 0 Å². The molecule has 2 N–H and O–H groups in total. The van der Waals surface area contributed by atoms with E-state index in [0.29, 0.717) is 12.0 Å². The van der Waals surface area contributed by atoms with Gasteiger partial charge in [0.25, 0.3) is 0 Å². The van der Waals surface area contributed by atoms with Crippen LogP contribution >= 0.6 is 11.3 Å². The summed E-state index contributed by atoms with van der Waals surface area (Å²) >= 11 is 1.54. The van der Waals surface area contributed by atoms with Crippen LogP contribution in [0.25, 0.3) is 0 Å². The average molecular weight is 242 g/mol. The molecule has 0 unspecified atom stereocenters. The zero-order chi connectivity index (χ0) is 12.5. The topological polar surface area (TPSA) is 45.2 Å². The van der Waals surface area contributed by atoms with E-state index in [2.05, 4.69) is 51.8 Å². The van der Waals surface area contributed by atoms with E-state index in [1.54, 1.807) is 0 Å². The fourth-order valence-corrected chi connectivity index (χ4v) is 2.11. The van der Waals surface area contributed by atoms with Gasteiger partial charge in [-0.15, -0.1) is 0 Å². The standard InChI is InChI=1S/C12H22N2OS/c1-7(2)9-10(15)14-11(16-9)13-8(3)12(4,5)6/h7-8,15H,1-6H3,(H,13,14)/t8-/m1/s1. The lowest BCUT2D eigenvalue weighted by Crippen LogP contribution is -2.30. The van der Waals surface area contributed by atoms with Gasteiger partial charge < -0.3 is 10.4 Å². The minimum atomic E-state index is 0.170. The van der Waals surface area contributed by atoms with Crippen molar-refractivity contribution in [1.29, 1.82) is 0 Å². The minimum Gasteiger partial charge on any atom is -0.492 e. The number of nitrogens with zero attached hydrogens (tertiary/aromatic N) is 1. The van der Waals surface area contributed by atoms with E-state index in [9.17, 15) is 5.11 Å². The number of rotatable bonds is 3. The highest BCUT2D eigenvalue weighted by Gasteiger charge is 2.22. The van der Waals surface area contributed by atoms with Gasteiger partial charge in [-0.3, -0.25) is 0 Å². The highest BCUT2D eigenvalue weighted by atomic mass is 32.1. The van der Waals surface area contributed by atoms with Gasteiger partial charge in [-0.05, 0) is 18.3 Å². The van der Waals surface area contributed by atoms with Crippen LogP contribution in [-0.2, 0) is 0 Å². The summed E-state index contributed by atoms with van der Waals surface area (Å²) in [6.07, 6.45) is 0. The summed E-state index contributed by atoms with van der Waals surface area (Å²) in [7, 11) is 0. The zero-order valence-electron chi connectivity index (χ0n) is 11.0. The minimum absolute atomic E-state index is 0.170. The first-order valence-electron chi connectivity index (χ1n) is 5.68. The van der Waals surface area contributed by atoms with Crippen molar-refractivity contribution < 1.29 is 5.11 Å². The lowest BCUT2D eigenvalue weighted by Gasteiger charge is -2.27. The molecule has 16 heavy (non-hydrogen) atoms. The molecule has 0 amide bonds. The van der Waals surface area contributed by atoms with Crippen LogP contribution in [0.2, 0.25) is 0 Å². The molecule has 0 saturated carbocycles. The van der Waals surface area contributed by atoms with Crippen molar-refractivity contribution in [2.75, 3.05) is 5.32 Å². The number of hydrogen-bond donors (Lipinski definition) is 2. The quantitative estimate of drug-likeness (QED) is 0.847. The third-order valence-corrected chi connectivity index (χ3v) is 4.07. The van der Waals surface area contributed by atoms with E-state index in [1.165, 1.54) is 11.3 Å². The molecule has 3 nitrogen and oxygen atoms in total. The molecule has 1 rings (SSSR count). The van der Waals surface area contributed by atoms with Crippen LogP contribution in [0.1, 0.15) is 52.3 Å². The molecule has 0 saturated heterocycles. The lowest BCUT2D eigenvalue weighted by atomic mass is 9.88. The van der Waals surface area contributed by atoms with Crippen LogP contribution in [0, 0.1) is 5.41 Å². The first-order chi connectivity index (χ1) is 7.21. The van der Waals surface area contributed by atoms with E-state index < -0.39 is 0 Å². The van der Waals surface area contributed by atoms with Crippen molar-refractivity contribution >= 4 is 16.5 Å². The first-order valence-corrected chi connectivity index (χ1v) is 6.49. The number of anilines is 1. The first kappa shape index (κ1) is 13.3. The summed E-state index contributed by atoms with van der Waals surface area (Å²) in [4.78, 5) is 5.10. The second kappa shape index (κ2) is 4.62. The molecule has 92 valence electrons. The van der Waals surface area contributed by atoms with Crippen LogP contribution < -0.4 is 5.32 Å². The number of nitrogens with one attached hydrogen (secondary N) is 1. The van der Waals surface area contributed by atoms with Gasteiger partial charge in [0.2, 0.25) is 5.88 Å². The predicted molar refractivity (Wildman–Crippen MR) is 70.4 cm³/mol. The van der Waals surface area contributed by atoms with Crippen molar-refractivity contribution in [2.24, 2.45) is 5.41 Å². The number of hydrogen-bond acceptors (Lipinski definition) is 4. The highest BCUT2D eigenvalue weighted by molar-refractivity contribution is 7.16. The van der Waals surface area contributed by atoms with E-state index in [1.807, 2.05) is 0 Å². The molecule has 1 aromatic rings. The Morgan fingerprint density at radius 3 is 2.19 bits per heavy atom. The Morgan fingerprint density at radius 1 is 1.25 bits per heavy atom. The molecule has 0 aliphatic heterocycles. The van der Waals surface area contributed by atoms with Gasteiger partial charge in [0, 0.05) is 6.04 Å². The zero-order valence-corrected chi connectivity index (χ0v) is 11.8. The lowest BCUT2D eigenvalue weighted by molar-refractivity contribution is 0.359. The molecule has 0 fully saturated rings. The molecule has 1 aromatic heterocycles. The van der Waals surface area contributed by atoms with Crippen molar-refractivity contribution in [1.82, 2.24) is 4.98 Å². The highest BCUT2D eigenvalue weighted by Crippen LogP contribution is 2.35. The Morgan fingerprint density at radius 2 is 1.81 bits per heavy atom. The summed E-state index contributed by atoms with van der Waals surface area (Å²) in [6.45, 7) is 12.8. The van der Waals surface area contributed by atoms with Crippen LogP contribution in [0.4, 0.5) is 5.13 Å². The van der Waals surface area contributed by atoms with Gasteiger partial charge in [-0.2, -0.15) is 4.98 Å². The average Bonchev–Trinajstić information content (AvgIpc) is 2.45. The van der Waals surface area contributed by atoms with Gasteiger partial charge in [0.1, 0.15) is 0 Å². The SMILES string of the molecule is CC(C)c1sc(N[C@H](C)C(C)(C)C)nc1O.